The summed E-state index contributed by atoms with van der Waals surface area (Å²) in [5.41, 5.74) is 6.34. The number of nitrogens with one attached hydrogen (secondary N) is 1. The van der Waals surface area contributed by atoms with E-state index in [1.165, 1.54) is 11.3 Å². The van der Waals surface area contributed by atoms with Crippen LogP contribution in [0.5, 0.6) is 0 Å². The minimum absolute atomic E-state index is 0.00593. The second-order valence-corrected chi connectivity index (χ2v) is 8.83. The highest BCUT2D eigenvalue weighted by atomic mass is 32.2. The van der Waals surface area contributed by atoms with Crippen LogP contribution in [0.3, 0.4) is 0 Å². The smallest absolute Gasteiger partial charge is 0.250 e. The summed E-state index contributed by atoms with van der Waals surface area (Å²) in [4.78, 5) is 0. The fourth-order valence-corrected chi connectivity index (χ4v) is 5.07. The highest BCUT2D eigenvalue weighted by Gasteiger charge is 2.66. The quantitative estimate of drug-likeness (QED) is 0.889. The maximum Gasteiger partial charge on any atom is 0.250 e. The van der Waals surface area contributed by atoms with Crippen molar-refractivity contribution in [3.63, 3.8) is 0 Å². The molecule has 1 aromatic rings. The Balaban J connectivity index is 2.19. The van der Waals surface area contributed by atoms with Crippen molar-refractivity contribution in [2.45, 2.75) is 44.5 Å². The third kappa shape index (κ3) is 2.01. The summed E-state index contributed by atoms with van der Waals surface area (Å²) < 4.78 is 27.6. The normalized spacial score (nSPS) is 22.1. The monoisotopic (exact) mass is 288 g/mol. The van der Waals surface area contributed by atoms with Crippen LogP contribution in [0.1, 0.15) is 33.3 Å². The summed E-state index contributed by atoms with van der Waals surface area (Å²) in [6.07, 6.45) is 0. The molecule has 1 fully saturated rings. The molecule has 2 rings (SSSR count). The molecular weight excluding hydrogens is 268 g/mol. The van der Waals surface area contributed by atoms with Crippen molar-refractivity contribution in [2.75, 3.05) is 0 Å². The zero-order valence-electron chi connectivity index (χ0n) is 11.1. The fourth-order valence-electron chi connectivity index (χ4n) is 2.31. The van der Waals surface area contributed by atoms with Gasteiger partial charge in [0.15, 0.2) is 0 Å². The van der Waals surface area contributed by atoms with E-state index >= 15 is 0 Å². The Labute approximate surface area is 113 Å². The first-order valence-corrected chi connectivity index (χ1v) is 8.29. The molecule has 1 heterocycles. The summed E-state index contributed by atoms with van der Waals surface area (Å²) in [7, 11) is -3.42. The fraction of sp³-hybridized carbons (Fsp3) is 0.667. The average Bonchev–Trinajstić information content (AvgIpc) is 2.68. The van der Waals surface area contributed by atoms with Gasteiger partial charge < -0.3 is 5.73 Å². The Morgan fingerprint density at radius 2 is 1.89 bits per heavy atom. The lowest BCUT2D eigenvalue weighted by Crippen LogP contribution is -2.29. The molecule has 4 nitrogen and oxygen atoms in total. The van der Waals surface area contributed by atoms with E-state index in [1.54, 1.807) is 11.4 Å². The van der Waals surface area contributed by atoms with Gasteiger partial charge in [0, 0.05) is 12.6 Å². The van der Waals surface area contributed by atoms with Gasteiger partial charge in [-0.1, -0.05) is 27.7 Å². The summed E-state index contributed by atoms with van der Waals surface area (Å²) in [5.74, 6) is 0. The first-order chi connectivity index (χ1) is 8.13. The third-order valence-electron chi connectivity index (χ3n) is 4.42. The molecule has 3 N–H and O–H groups in total. The Bertz CT molecular complexity index is 544. The van der Waals surface area contributed by atoms with Crippen molar-refractivity contribution >= 4 is 21.4 Å². The number of nitrogens with two attached hydrogens (primary N) is 1. The van der Waals surface area contributed by atoms with Gasteiger partial charge >= 0.3 is 0 Å². The molecule has 6 heteroatoms. The molecule has 18 heavy (non-hydrogen) atoms. The molecular formula is C12H20N2O2S2. The average molecular weight is 288 g/mol. The summed E-state index contributed by atoms with van der Waals surface area (Å²) in [6, 6.07) is 1.63. The van der Waals surface area contributed by atoms with Crippen molar-refractivity contribution in [1.29, 1.82) is 0 Å². The lowest BCUT2D eigenvalue weighted by molar-refractivity contribution is 0.457. The molecule has 102 valence electrons. The number of thiophene rings is 1. The predicted octanol–water partition coefficient (Wildman–Crippen LogP) is 1.92. The molecule has 0 aromatic carbocycles. The van der Waals surface area contributed by atoms with Crippen LogP contribution in [0.15, 0.2) is 15.7 Å². The highest BCUT2D eigenvalue weighted by molar-refractivity contribution is 7.91. The first-order valence-electron chi connectivity index (χ1n) is 5.93. The lowest BCUT2D eigenvalue weighted by atomic mass is 10.0. The van der Waals surface area contributed by atoms with E-state index < -0.39 is 10.0 Å². The molecule has 0 bridgehead atoms. The van der Waals surface area contributed by atoms with Crippen LogP contribution >= 0.6 is 11.3 Å². The largest absolute Gasteiger partial charge is 0.326 e. The van der Waals surface area contributed by atoms with Crippen LogP contribution < -0.4 is 10.5 Å². The van der Waals surface area contributed by atoms with Crippen LogP contribution in [0.4, 0.5) is 0 Å². The molecule has 0 spiro atoms. The van der Waals surface area contributed by atoms with Crippen molar-refractivity contribution in [3.05, 3.63) is 17.0 Å². The summed E-state index contributed by atoms with van der Waals surface area (Å²) in [5, 5.41) is 1.79. The number of rotatable bonds is 4. The van der Waals surface area contributed by atoms with Crippen LogP contribution in [-0.2, 0) is 16.6 Å². The van der Waals surface area contributed by atoms with E-state index in [0.29, 0.717) is 10.8 Å². The maximum atomic E-state index is 12.2. The second kappa shape index (κ2) is 4.03. The molecule has 1 aromatic heterocycles. The van der Waals surface area contributed by atoms with E-state index in [9.17, 15) is 8.42 Å². The minimum Gasteiger partial charge on any atom is -0.326 e. The zero-order chi connectivity index (χ0) is 13.8. The van der Waals surface area contributed by atoms with Crippen LogP contribution in [0, 0.1) is 10.8 Å². The number of hydrogen-bond acceptors (Lipinski definition) is 4. The topological polar surface area (TPSA) is 72.2 Å². The van der Waals surface area contributed by atoms with Crippen molar-refractivity contribution < 1.29 is 8.42 Å². The van der Waals surface area contributed by atoms with Crippen LogP contribution in [0.2, 0.25) is 0 Å². The zero-order valence-corrected chi connectivity index (χ0v) is 12.8. The summed E-state index contributed by atoms with van der Waals surface area (Å²) >= 11 is 1.22. The molecule has 0 unspecified atom stereocenters. The molecule has 0 radical (unpaired) electrons. The lowest BCUT2D eigenvalue weighted by Gasteiger charge is -2.05. The molecule has 1 saturated carbocycles. The standard InChI is InChI=1S/C12H20N2O2S2/c1-11(2)10(12(11,3)4)14-18(15,16)9-5-8(6-13)7-17-9/h5,7,10,14H,6,13H2,1-4H3. The molecule has 0 aliphatic heterocycles. The third-order valence-corrected chi connectivity index (χ3v) is 7.34. The van der Waals surface area contributed by atoms with Gasteiger partial charge in [-0.05, 0) is 27.8 Å². The van der Waals surface area contributed by atoms with Gasteiger partial charge in [0.25, 0.3) is 0 Å². The summed E-state index contributed by atoms with van der Waals surface area (Å²) in [6.45, 7) is 8.70. The number of hydrogen-bond donors (Lipinski definition) is 2. The van der Waals surface area contributed by atoms with Crippen LogP contribution in [-0.4, -0.2) is 14.5 Å². The minimum atomic E-state index is -3.42. The molecule has 0 saturated heterocycles. The molecule has 1 aliphatic carbocycles. The van der Waals surface area contributed by atoms with E-state index in [2.05, 4.69) is 32.4 Å². The van der Waals surface area contributed by atoms with E-state index in [1.807, 2.05) is 0 Å². The van der Waals surface area contributed by atoms with Gasteiger partial charge in [0.2, 0.25) is 10.0 Å². The van der Waals surface area contributed by atoms with Crippen molar-refractivity contribution in [1.82, 2.24) is 4.72 Å². The Morgan fingerprint density at radius 1 is 1.33 bits per heavy atom. The van der Waals surface area contributed by atoms with Crippen molar-refractivity contribution in [2.24, 2.45) is 16.6 Å². The van der Waals surface area contributed by atoms with E-state index in [0.717, 1.165) is 5.56 Å². The Hall–Kier alpha value is -0.430. The molecule has 0 amide bonds. The van der Waals surface area contributed by atoms with E-state index in [-0.39, 0.29) is 16.9 Å². The predicted molar refractivity (Wildman–Crippen MR) is 73.9 cm³/mol. The molecule has 0 atom stereocenters. The first kappa shape index (κ1) is 14.0. The maximum absolute atomic E-state index is 12.2. The Morgan fingerprint density at radius 3 is 2.28 bits per heavy atom. The SMILES string of the molecule is CC1(C)C(NS(=O)(=O)c2cc(CN)cs2)C1(C)C. The number of sulfonamides is 1. The molecule has 1 aliphatic rings. The van der Waals surface area contributed by atoms with Crippen molar-refractivity contribution in [3.8, 4) is 0 Å². The van der Waals surface area contributed by atoms with E-state index in [4.69, 9.17) is 5.73 Å². The van der Waals surface area contributed by atoms with Gasteiger partial charge in [-0.25, -0.2) is 13.1 Å². The van der Waals surface area contributed by atoms with Crippen LogP contribution in [0.25, 0.3) is 0 Å². The Kier molecular flexibility index (Phi) is 3.13. The van der Waals surface area contributed by atoms with Gasteiger partial charge in [0.1, 0.15) is 4.21 Å². The second-order valence-electron chi connectivity index (χ2n) is 5.98. The van der Waals surface area contributed by atoms with Gasteiger partial charge in [-0.3, -0.25) is 0 Å². The van der Waals surface area contributed by atoms with Gasteiger partial charge in [-0.2, -0.15) is 0 Å². The van der Waals surface area contributed by atoms with Gasteiger partial charge in [0.05, 0.1) is 0 Å². The highest BCUT2D eigenvalue weighted by Crippen LogP contribution is 2.63. The van der Waals surface area contributed by atoms with Gasteiger partial charge in [-0.15, -0.1) is 11.3 Å².